The molecule has 0 aliphatic carbocycles. The van der Waals surface area contributed by atoms with E-state index in [-0.39, 0.29) is 88.8 Å². The van der Waals surface area contributed by atoms with E-state index in [4.69, 9.17) is 0 Å². The summed E-state index contributed by atoms with van der Waals surface area (Å²) in [5.41, 5.74) is 18.3. The molecule has 0 radical (unpaired) electrons. The third-order valence-electron chi connectivity index (χ3n) is 16.6. The van der Waals surface area contributed by atoms with Crippen LogP contribution in [0.25, 0.3) is 0 Å². The number of aromatic amines is 1. The first-order valence-corrected chi connectivity index (χ1v) is 37.0. The number of rotatable bonds is 0. The largest absolute Gasteiger partial charge is 0.325 e. The van der Waals surface area contributed by atoms with Crippen LogP contribution in [0.2, 0.25) is 0 Å². The third-order valence-corrected chi connectivity index (χ3v) is 17.9. The number of H-pyrrole nitrogens is 1. The molecule has 0 aliphatic heterocycles. The molecule has 0 aliphatic rings. The highest BCUT2D eigenvalue weighted by Gasteiger charge is 2.36. The second kappa shape index (κ2) is 34.6. The highest BCUT2D eigenvalue weighted by Crippen LogP contribution is 2.40. The van der Waals surface area contributed by atoms with Crippen LogP contribution in [0.3, 0.4) is 0 Å². The van der Waals surface area contributed by atoms with E-state index in [1.165, 1.54) is 65.4 Å². The summed E-state index contributed by atoms with van der Waals surface area (Å²) in [5, 5.41) is 20.4. The van der Waals surface area contributed by atoms with Crippen molar-refractivity contribution >= 4 is 11.3 Å². The van der Waals surface area contributed by atoms with Gasteiger partial charge in [0.05, 0.1) is 11.1 Å². The lowest BCUT2D eigenvalue weighted by Crippen LogP contribution is -2.43. The first-order chi connectivity index (χ1) is 43.9. The minimum absolute atomic E-state index is 0. The number of thiophene rings is 1. The van der Waals surface area contributed by atoms with E-state index in [1.54, 1.807) is 18.5 Å². The topological polar surface area (TPSA) is 121 Å². The van der Waals surface area contributed by atoms with Crippen LogP contribution in [-0.2, 0) is 75.8 Å². The molecule has 7 rings (SSSR count). The summed E-state index contributed by atoms with van der Waals surface area (Å²) in [6.07, 6.45) is 13.1. The number of hydrogen-bond acceptors (Lipinski definition) is 8. The van der Waals surface area contributed by atoms with E-state index < -0.39 is 0 Å². The molecule has 0 spiro atoms. The van der Waals surface area contributed by atoms with Crippen molar-refractivity contribution in [2.24, 2.45) is 0 Å². The van der Waals surface area contributed by atoms with Crippen molar-refractivity contribution in [1.29, 1.82) is 0 Å². The molecule has 0 bridgehead atoms. The zero-order valence-electron chi connectivity index (χ0n) is 71.3. The number of aromatic nitrogens is 7. The molecule has 10 heteroatoms. The third kappa shape index (κ3) is 30.2. The van der Waals surface area contributed by atoms with Crippen molar-refractivity contribution in [1.82, 2.24) is 30.1 Å². The zero-order chi connectivity index (χ0) is 77.9. The van der Waals surface area contributed by atoms with Crippen molar-refractivity contribution < 1.29 is 9.94 Å². The smallest absolute Gasteiger partial charge is 0.248 e. The Balaban J connectivity index is 0.00000114. The van der Waals surface area contributed by atoms with Crippen molar-refractivity contribution in [3.63, 3.8) is 0 Å². The average Bonchev–Trinajstić information content (AvgIpc) is 1.15. The molecule has 0 atom stereocenters. The summed E-state index contributed by atoms with van der Waals surface area (Å²) in [6.45, 7) is 92.8. The molecule has 0 aromatic carbocycles. The van der Waals surface area contributed by atoms with Gasteiger partial charge in [-0.05, 0) is 140 Å². The van der Waals surface area contributed by atoms with Crippen LogP contribution < -0.4 is 10.3 Å². The van der Waals surface area contributed by atoms with Gasteiger partial charge in [-0.2, -0.15) is 10.2 Å². The van der Waals surface area contributed by atoms with Crippen molar-refractivity contribution in [3.05, 3.63) is 197 Å². The van der Waals surface area contributed by atoms with E-state index in [1.807, 2.05) is 60.5 Å². The Morgan fingerprint density at radius 2 is 0.710 bits per heavy atom. The van der Waals surface area contributed by atoms with Crippen LogP contribution in [0.5, 0.6) is 0 Å². The van der Waals surface area contributed by atoms with Crippen LogP contribution >= 0.6 is 11.3 Å². The van der Waals surface area contributed by atoms with Crippen LogP contribution in [0.1, 0.15) is 376 Å². The fourth-order valence-electron chi connectivity index (χ4n) is 11.4. The van der Waals surface area contributed by atoms with Gasteiger partial charge in [-0.1, -0.05) is 310 Å². The Bertz CT molecular complexity index is 3240. The van der Waals surface area contributed by atoms with Crippen LogP contribution in [0.15, 0.2) is 114 Å². The van der Waals surface area contributed by atoms with E-state index in [0.717, 1.165) is 17.1 Å². The zero-order valence-corrected chi connectivity index (χ0v) is 72.2. The van der Waals surface area contributed by atoms with Gasteiger partial charge < -0.3 is 4.98 Å². The molecule has 2 N–H and O–H groups in total. The van der Waals surface area contributed by atoms with Gasteiger partial charge >= 0.3 is 0 Å². The van der Waals surface area contributed by atoms with Gasteiger partial charge in [-0.15, -0.1) is 11.3 Å². The molecular weight excluding hydrogens is 1240 g/mol. The number of nitrogens with zero attached hydrogens (tertiary/aromatic N) is 6. The maximum atomic E-state index is 11.4. The van der Waals surface area contributed by atoms with Gasteiger partial charge in [0.1, 0.15) is 0 Å². The predicted octanol–water partition coefficient (Wildman–Crippen LogP) is 24.9. The molecule has 100 heavy (non-hydrogen) atoms. The Morgan fingerprint density at radius 3 is 1.01 bits per heavy atom. The van der Waals surface area contributed by atoms with E-state index in [2.05, 4.69) is 363 Å². The van der Waals surface area contributed by atoms with E-state index in [9.17, 15) is 10.0 Å². The Kier molecular flexibility index (Phi) is 32.6. The molecular formula is C90H150N7O2S+. The van der Waals surface area contributed by atoms with Gasteiger partial charge in [-0.3, -0.25) is 25.0 Å². The van der Waals surface area contributed by atoms with Gasteiger partial charge in [0.2, 0.25) is 17.5 Å². The molecule has 0 fully saturated rings. The van der Waals surface area contributed by atoms with Gasteiger partial charge in [0.15, 0.2) is 0 Å². The van der Waals surface area contributed by atoms with Gasteiger partial charge in [0, 0.05) is 92.1 Å². The lowest BCUT2D eigenvalue weighted by molar-refractivity contribution is -0.911. The van der Waals surface area contributed by atoms with Crippen LogP contribution in [-0.4, -0.2) is 35.3 Å². The van der Waals surface area contributed by atoms with E-state index >= 15 is 0 Å². The Hall–Kier alpha value is -5.87. The first-order valence-electron chi connectivity index (χ1n) is 36.2. The predicted molar refractivity (Wildman–Crippen MR) is 438 cm³/mol. The number of pyridine rings is 5. The number of nitrogens with one attached hydrogen (secondary N) is 1. The fraction of sp³-hybridized carbons (Fsp3) is 0.633. The normalized spacial score (nSPS) is 12.9. The molecule has 0 unspecified atom stereocenters. The Morgan fingerprint density at radius 1 is 0.340 bits per heavy atom. The van der Waals surface area contributed by atoms with Gasteiger partial charge in [0.25, 0.3) is 0 Å². The lowest BCUT2D eigenvalue weighted by Gasteiger charge is -2.29. The summed E-state index contributed by atoms with van der Waals surface area (Å²) in [7, 11) is 0. The SMILES string of the molecule is C.CC(C)(C)c1ccc(=O)[nH]c1C(C)(C)C.CC(C)(C)c1ccc[n+](O)c1C(C)(C)C.CC(C)(C)c1cccnc1C(C)(C)C.CC(C)(C)c1ccncc1C(C)(C)C.CC(C)(C)c1ccncc1C(C)(C)C.CC(C)(C)c1ccnnc1C(C)(C)C.CC(C)(C)c1ccsc1C(C)(C)C. The minimum Gasteiger partial charge on any atom is -0.325 e. The molecule has 7 aromatic rings. The standard InChI is InChI=1S/C13H22NO.C13H21NO.3C13H21N.C12H20N2.C12H20S.CH4/c1-12(2,3)10-8-7-9-14(15)11(10)13(4,5)6;1-12(2,3)9-7-8-10(15)14-11(9)13(4,5)6;2*1-12(2,3)10-7-8-14-9-11(10)13(4,5)6;1-12(2,3)10-8-7-9-14-11(10)13(4,5)6;1-11(2,3)9-7-8-13-14-10(9)12(4,5)6;1-11(2,3)9-7-8-13-10(9)12(4,5)6;/h7-9,15H,1-6H3;7-8H,1-6H3,(H,14,15);3*7-9H,1-6H3;7-8H,1-6H3;7-8H,1-6H3;1H4/q+1;;;;;;;. The summed E-state index contributed by atoms with van der Waals surface area (Å²) >= 11 is 1.88. The molecule has 0 saturated carbocycles. The van der Waals surface area contributed by atoms with E-state index in [0.29, 0.717) is 0 Å². The molecule has 7 heterocycles. The summed E-state index contributed by atoms with van der Waals surface area (Å²) in [6, 6.07) is 20.4. The summed E-state index contributed by atoms with van der Waals surface area (Å²) < 4.78 is 1.25. The molecule has 9 nitrogen and oxygen atoms in total. The molecule has 0 saturated heterocycles. The first kappa shape index (κ1) is 94.1. The maximum absolute atomic E-state index is 11.4. The van der Waals surface area contributed by atoms with Crippen LogP contribution in [0.4, 0.5) is 0 Å². The fourth-order valence-corrected chi connectivity index (χ4v) is 12.6. The van der Waals surface area contributed by atoms with Crippen molar-refractivity contribution in [2.75, 3.05) is 0 Å². The summed E-state index contributed by atoms with van der Waals surface area (Å²) in [4.78, 5) is 28.8. The second-order valence-corrected chi connectivity index (χ2v) is 42.3. The Labute approximate surface area is 619 Å². The maximum Gasteiger partial charge on any atom is 0.248 e. The van der Waals surface area contributed by atoms with Crippen molar-refractivity contribution in [2.45, 2.75) is 374 Å². The molecule has 0 amide bonds. The van der Waals surface area contributed by atoms with Crippen molar-refractivity contribution in [3.8, 4) is 0 Å². The quantitative estimate of drug-likeness (QED) is 0.115. The second-order valence-electron chi connectivity index (χ2n) is 41.4. The monoisotopic (exact) mass is 1390 g/mol. The highest BCUT2D eigenvalue weighted by atomic mass is 32.1. The lowest BCUT2D eigenvalue weighted by atomic mass is 9.76. The van der Waals surface area contributed by atoms with Gasteiger partial charge in [-0.25, -0.2) is 0 Å². The molecule has 562 valence electrons. The number of hydrogen-bond donors (Lipinski definition) is 2. The molecule has 7 aromatic heterocycles. The average molecular weight is 1390 g/mol. The summed E-state index contributed by atoms with van der Waals surface area (Å²) in [5.74, 6) is 0. The highest BCUT2D eigenvalue weighted by molar-refractivity contribution is 7.10. The minimum atomic E-state index is -0.0569. The van der Waals surface area contributed by atoms with Crippen LogP contribution in [0, 0.1) is 0 Å².